The molecular weight excluding hydrogens is 917 g/mol. The number of benzene rings is 6. The van der Waals surface area contributed by atoms with E-state index in [0.29, 0.717) is 0 Å². The summed E-state index contributed by atoms with van der Waals surface area (Å²) >= 11 is 23.0. The molecular formula is C51H46Cl6Zr. The first-order valence-corrected chi connectivity index (χ1v) is 24.6. The van der Waals surface area contributed by atoms with Gasteiger partial charge in [-0.2, -0.15) is 0 Å². The molecule has 6 aromatic carbocycles. The summed E-state index contributed by atoms with van der Waals surface area (Å²) in [4.78, 5) is 0. The standard InChI is InChI=1S/C33H31Cl2.C13H8Cl2.C5H5.2ClH.Zr/c1-32(2,3)30-18-26-22(16-28(30)20-7-11-24(34)12-8-20)15-23-17-29(21-9-13-25(35)14-10-21)31(19-27(23)26)33(4,5)6;14-12-5-1-10(2-6-12)9-11-3-7-13(15)8-4-11;1-2-4-5-3-1;;;/h7-19H,1-6H3;1-8H;1-3H,4H2;2*1H;. The normalized spacial score (nSPS) is 13.3. The maximum atomic E-state index is 6.58. The van der Waals surface area contributed by atoms with Crippen molar-refractivity contribution in [2.45, 2.75) is 62.4 Å². The molecule has 0 aromatic heterocycles. The molecule has 0 radical (unpaired) electrons. The molecule has 0 atom stereocenters. The Kier molecular flexibility index (Phi) is 13.7. The summed E-state index contributed by atoms with van der Waals surface area (Å²) in [5.41, 5.74) is 15.3. The van der Waals surface area contributed by atoms with Crippen LogP contribution < -0.4 is 0 Å². The molecule has 0 heterocycles. The van der Waals surface area contributed by atoms with Gasteiger partial charge >= 0.3 is 363 Å². The predicted molar refractivity (Wildman–Crippen MR) is 254 cm³/mol. The average molecular weight is 963 g/mol. The Morgan fingerprint density at radius 3 is 1.19 bits per heavy atom. The first-order valence-electron chi connectivity index (χ1n) is 19.2. The third-order valence-electron chi connectivity index (χ3n) is 11.2. The number of fused-ring (bicyclic) bond motifs is 3. The van der Waals surface area contributed by atoms with Crippen molar-refractivity contribution in [1.29, 1.82) is 0 Å². The molecule has 296 valence electrons. The Morgan fingerprint density at radius 1 is 0.500 bits per heavy atom. The van der Waals surface area contributed by atoms with Gasteiger partial charge in [0.1, 0.15) is 0 Å². The van der Waals surface area contributed by atoms with E-state index in [4.69, 9.17) is 46.4 Å². The van der Waals surface area contributed by atoms with Crippen LogP contribution in [0.2, 0.25) is 20.1 Å². The van der Waals surface area contributed by atoms with Crippen LogP contribution in [0.5, 0.6) is 0 Å². The molecule has 0 bridgehead atoms. The molecule has 0 aliphatic heterocycles. The van der Waals surface area contributed by atoms with E-state index in [1.165, 1.54) is 70.0 Å². The second-order valence-electron chi connectivity index (χ2n) is 17.0. The number of rotatable bonds is 6. The molecule has 2 aliphatic rings. The summed E-state index contributed by atoms with van der Waals surface area (Å²) in [6.07, 6.45) is 7.97. The van der Waals surface area contributed by atoms with Crippen LogP contribution in [0.15, 0.2) is 143 Å². The van der Waals surface area contributed by atoms with E-state index in [0.717, 1.165) is 26.5 Å². The van der Waals surface area contributed by atoms with Crippen molar-refractivity contribution in [3.63, 3.8) is 0 Å². The molecule has 0 spiro atoms. The van der Waals surface area contributed by atoms with E-state index in [9.17, 15) is 0 Å². The quantitative estimate of drug-likeness (QED) is 0.156. The molecule has 0 amide bonds. The largest absolute Gasteiger partial charge is 0.147 e. The fourth-order valence-electron chi connectivity index (χ4n) is 8.48. The van der Waals surface area contributed by atoms with Crippen LogP contribution in [0.3, 0.4) is 0 Å². The van der Waals surface area contributed by atoms with Crippen molar-refractivity contribution in [2.24, 2.45) is 0 Å². The molecule has 2 aliphatic carbocycles. The van der Waals surface area contributed by atoms with Gasteiger partial charge in [-0.1, -0.05) is 0 Å². The smallest absolute Gasteiger partial charge is 0.147 e. The maximum absolute atomic E-state index is 6.58. The van der Waals surface area contributed by atoms with E-state index in [1.807, 2.05) is 48.5 Å². The van der Waals surface area contributed by atoms with Crippen molar-refractivity contribution in [3.8, 4) is 33.4 Å². The van der Waals surface area contributed by atoms with E-state index < -0.39 is 21.3 Å². The van der Waals surface area contributed by atoms with Crippen LogP contribution in [-0.2, 0) is 32.1 Å². The van der Waals surface area contributed by atoms with Gasteiger partial charge in [0.05, 0.1) is 0 Å². The van der Waals surface area contributed by atoms with E-state index in [-0.39, 0.29) is 39.3 Å². The molecule has 7 heteroatoms. The first-order chi connectivity index (χ1) is 26.7. The summed E-state index contributed by atoms with van der Waals surface area (Å²) in [5, 5.41) is 2.95. The van der Waals surface area contributed by atoms with Crippen LogP contribution >= 0.6 is 71.2 Å². The monoisotopic (exact) mass is 958 g/mol. The van der Waals surface area contributed by atoms with Gasteiger partial charge in [-0.3, -0.25) is 0 Å². The van der Waals surface area contributed by atoms with Crippen LogP contribution in [0.1, 0.15) is 85.0 Å². The molecule has 0 fully saturated rings. The summed E-state index contributed by atoms with van der Waals surface area (Å²) in [6.45, 7) is 14.0. The Balaban J connectivity index is 0.00000283. The van der Waals surface area contributed by atoms with Gasteiger partial charge < -0.3 is 0 Å². The fraction of sp³-hybridized carbons (Fsp3) is 0.196. The van der Waals surface area contributed by atoms with Crippen LogP contribution in [0.25, 0.3) is 33.4 Å². The minimum absolute atomic E-state index is 0. The second-order valence-corrected chi connectivity index (χ2v) is 25.0. The summed E-state index contributed by atoms with van der Waals surface area (Å²) in [7, 11) is 0. The minimum Gasteiger partial charge on any atom is -0.147 e. The number of halogens is 6. The van der Waals surface area contributed by atoms with Crippen molar-refractivity contribution in [3.05, 3.63) is 196 Å². The molecule has 0 nitrogen and oxygen atoms in total. The predicted octanol–water partition coefficient (Wildman–Crippen LogP) is 16.9. The van der Waals surface area contributed by atoms with E-state index in [2.05, 4.69) is 133 Å². The molecule has 0 saturated heterocycles. The van der Waals surface area contributed by atoms with Crippen LogP contribution in [-0.4, -0.2) is 3.21 Å². The molecule has 0 saturated carbocycles. The fourth-order valence-corrected chi connectivity index (χ4v) is 18.0. The molecule has 0 unspecified atom stereocenters. The Hall–Kier alpha value is -2.71. The Morgan fingerprint density at radius 2 is 0.862 bits per heavy atom. The van der Waals surface area contributed by atoms with Gasteiger partial charge in [0.2, 0.25) is 0 Å². The topological polar surface area (TPSA) is 0 Å². The summed E-state index contributed by atoms with van der Waals surface area (Å²) in [5.74, 6) is 0. The third-order valence-corrected chi connectivity index (χ3v) is 20.5. The van der Waals surface area contributed by atoms with Gasteiger partial charge in [-0.25, -0.2) is 0 Å². The molecule has 8 rings (SSSR count). The second kappa shape index (κ2) is 17.7. The van der Waals surface area contributed by atoms with Crippen molar-refractivity contribution in [2.75, 3.05) is 0 Å². The zero-order valence-electron chi connectivity index (χ0n) is 33.4. The van der Waals surface area contributed by atoms with Gasteiger partial charge in [0.15, 0.2) is 0 Å². The zero-order valence-corrected chi connectivity index (χ0v) is 40.5. The summed E-state index contributed by atoms with van der Waals surface area (Å²) in [6, 6.07) is 43.9. The van der Waals surface area contributed by atoms with Gasteiger partial charge in [-0.15, -0.1) is 24.8 Å². The van der Waals surface area contributed by atoms with Gasteiger partial charge in [0.25, 0.3) is 0 Å². The van der Waals surface area contributed by atoms with Crippen LogP contribution in [0, 0.1) is 0 Å². The van der Waals surface area contributed by atoms with Crippen molar-refractivity contribution < 1.29 is 21.3 Å². The van der Waals surface area contributed by atoms with Crippen molar-refractivity contribution >= 4 is 74.4 Å². The third kappa shape index (κ3) is 8.85. The average Bonchev–Trinajstić information content (AvgIpc) is 3.80. The minimum atomic E-state index is -3.09. The molecule has 58 heavy (non-hydrogen) atoms. The molecule has 0 N–H and O–H groups in total. The number of hydrogen-bond acceptors (Lipinski definition) is 0. The first kappa shape index (κ1) is 44.8. The van der Waals surface area contributed by atoms with E-state index >= 15 is 0 Å². The van der Waals surface area contributed by atoms with Crippen LogP contribution in [0.4, 0.5) is 0 Å². The van der Waals surface area contributed by atoms with E-state index in [1.54, 1.807) is 3.28 Å². The number of hydrogen-bond donors (Lipinski definition) is 0. The Bertz CT molecular complexity index is 2410. The van der Waals surface area contributed by atoms with Gasteiger partial charge in [0, 0.05) is 0 Å². The summed E-state index contributed by atoms with van der Waals surface area (Å²) < 4.78 is 3.19. The van der Waals surface area contributed by atoms with Crippen molar-refractivity contribution in [1.82, 2.24) is 0 Å². The number of allylic oxidation sites excluding steroid dienone is 4. The Labute approximate surface area is 384 Å². The maximum Gasteiger partial charge on any atom is -0.147 e. The molecule has 6 aromatic rings. The van der Waals surface area contributed by atoms with Gasteiger partial charge in [-0.05, 0) is 0 Å². The SMILES string of the molecule is CC(C)(C)c1cc2c(cc1-c1ccc(Cl)cc1)[CH]([Zr]([C]1=CC=CC1)=[C](c1ccc(Cl)cc1)c1ccc(Cl)cc1)c1cc(-c3ccc(Cl)cc3)c(C(C)(C)C)cc1-2.Cl.Cl. The zero-order chi connectivity index (χ0) is 39.5.